The Labute approximate surface area is 128 Å². The quantitative estimate of drug-likeness (QED) is 0.742. The summed E-state index contributed by atoms with van der Waals surface area (Å²) in [6.07, 6.45) is 5.33. The lowest BCUT2D eigenvalue weighted by atomic mass is 9.94. The van der Waals surface area contributed by atoms with E-state index in [-0.39, 0.29) is 0 Å². The second kappa shape index (κ2) is 6.84. The van der Waals surface area contributed by atoms with Crippen LogP contribution < -0.4 is 0 Å². The summed E-state index contributed by atoms with van der Waals surface area (Å²) in [7, 11) is 0. The van der Waals surface area contributed by atoms with Crippen LogP contribution in [-0.4, -0.2) is 11.5 Å². The first-order chi connectivity index (χ1) is 9.94. The van der Waals surface area contributed by atoms with Crippen molar-refractivity contribution in [1.29, 1.82) is 0 Å². The molecular formula is C19H26N2. The lowest BCUT2D eigenvalue weighted by Gasteiger charge is -2.16. The zero-order valence-electron chi connectivity index (χ0n) is 13.9. The average molecular weight is 282 g/mol. The van der Waals surface area contributed by atoms with Gasteiger partial charge >= 0.3 is 0 Å². The van der Waals surface area contributed by atoms with E-state index in [2.05, 4.69) is 50.0 Å². The van der Waals surface area contributed by atoms with Gasteiger partial charge in [0.15, 0.2) is 0 Å². The monoisotopic (exact) mass is 282 g/mol. The van der Waals surface area contributed by atoms with E-state index in [9.17, 15) is 0 Å². The first kappa shape index (κ1) is 15.7. The Kier molecular flexibility index (Phi) is 5.11. The fraction of sp³-hybridized carbons (Fsp3) is 0.474. The van der Waals surface area contributed by atoms with Gasteiger partial charge in [-0.2, -0.15) is 0 Å². The predicted octanol–water partition coefficient (Wildman–Crippen LogP) is 5.04. The molecule has 0 aromatic heterocycles. The summed E-state index contributed by atoms with van der Waals surface area (Å²) in [5.74, 6) is 1.38. The maximum Gasteiger partial charge on any atom is 0.125 e. The molecule has 2 heteroatoms. The van der Waals surface area contributed by atoms with E-state index >= 15 is 0 Å². The van der Waals surface area contributed by atoms with Crippen molar-refractivity contribution in [1.82, 2.24) is 0 Å². The average Bonchev–Trinajstić information content (AvgIpc) is 2.38. The Morgan fingerprint density at radius 2 is 1.62 bits per heavy atom. The van der Waals surface area contributed by atoms with Gasteiger partial charge in [-0.3, -0.25) is 0 Å². The summed E-state index contributed by atoms with van der Waals surface area (Å²) < 4.78 is 0. The number of hydrogen-bond acceptors (Lipinski definition) is 2. The maximum absolute atomic E-state index is 4.75. The number of benzene rings is 1. The molecule has 1 aliphatic heterocycles. The molecule has 2 rings (SSSR count). The number of nitrogens with zero attached hydrogens (tertiary/aromatic N) is 2. The molecule has 112 valence electrons. The molecule has 0 radical (unpaired) electrons. The fourth-order valence-electron chi connectivity index (χ4n) is 2.92. The van der Waals surface area contributed by atoms with Crippen molar-refractivity contribution in [3.63, 3.8) is 0 Å². The summed E-state index contributed by atoms with van der Waals surface area (Å²) in [5, 5.41) is 0. The maximum atomic E-state index is 4.75. The predicted molar refractivity (Wildman–Crippen MR) is 92.3 cm³/mol. The molecule has 0 spiro atoms. The normalized spacial score (nSPS) is 21.8. The number of aliphatic imine (C=N–C) groups is 2. The van der Waals surface area contributed by atoms with Gasteiger partial charge in [0.1, 0.15) is 5.84 Å². The summed E-state index contributed by atoms with van der Waals surface area (Å²) in [5.41, 5.74) is 6.45. The molecule has 1 heterocycles. The van der Waals surface area contributed by atoms with Gasteiger partial charge in [0.2, 0.25) is 0 Å². The fourth-order valence-corrected chi connectivity index (χ4v) is 2.92. The summed E-state index contributed by atoms with van der Waals surface area (Å²) >= 11 is 0. The van der Waals surface area contributed by atoms with E-state index in [1.807, 2.05) is 13.8 Å². The molecule has 1 atom stereocenters. The number of aryl methyl sites for hydroxylation is 3. The first-order valence-electron chi connectivity index (χ1n) is 7.80. The van der Waals surface area contributed by atoms with Crippen LogP contribution in [0, 0.1) is 19.8 Å². The lowest BCUT2D eigenvalue weighted by molar-refractivity contribution is 0.756. The summed E-state index contributed by atoms with van der Waals surface area (Å²) in [6, 6.07) is 6.79. The molecule has 0 saturated heterocycles. The van der Waals surface area contributed by atoms with Crippen molar-refractivity contribution in [3.8, 4) is 0 Å². The number of allylic oxidation sites excluding steroid dienone is 2. The van der Waals surface area contributed by atoms with Gasteiger partial charge in [0.25, 0.3) is 0 Å². The second-order valence-corrected chi connectivity index (χ2v) is 6.24. The molecule has 1 aromatic carbocycles. The zero-order chi connectivity index (χ0) is 15.4. The largest absolute Gasteiger partial charge is 0.242 e. The molecule has 2 nitrogen and oxygen atoms in total. The topological polar surface area (TPSA) is 24.7 Å². The molecule has 0 amide bonds. The number of hydrogen-bond donors (Lipinski definition) is 0. The van der Waals surface area contributed by atoms with Crippen molar-refractivity contribution in [2.75, 3.05) is 0 Å². The zero-order valence-corrected chi connectivity index (χ0v) is 13.9. The van der Waals surface area contributed by atoms with E-state index in [1.165, 1.54) is 22.4 Å². The van der Waals surface area contributed by atoms with Gasteiger partial charge in [0, 0.05) is 11.4 Å². The Morgan fingerprint density at radius 1 is 0.952 bits per heavy atom. The van der Waals surface area contributed by atoms with Crippen LogP contribution in [0.3, 0.4) is 0 Å². The van der Waals surface area contributed by atoms with E-state index in [4.69, 9.17) is 4.99 Å². The highest BCUT2D eigenvalue weighted by Gasteiger charge is 2.12. The highest BCUT2D eigenvalue weighted by molar-refractivity contribution is 5.98. The standard InChI is InChI=1S/C19H26N2/c1-13-10-14(2)12-18(11-13)8-9-19-15(3)6-7-16(4)20-17(5)21-19/h7,10-12,15H,6,8-9H2,1-5H3/b16-7+,20-17?,21-19?. The van der Waals surface area contributed by atoms with Crippen molar-refractivity contribution in [2.45, 2.75) is 53.9 Å². The van der Waals surface area contributed by atoms with Gasteiger partial charge in [-0.25, -0.2) is 9.98 Å². The molecular weight excluding hydrogens is 256 g/mol. The van der Waals surface area contributed by atoms with Crippen molar-refractivity contribution in [3.05, 3.63) is 46.7 Å². The van der Waals surface area contributed by atoms with Crippen molar-refractivity contribution in [2.24, 2.45) is 15.9 Å². The molecule has 1 aliphatic rings. The Hall–Kier alpha value is -1.70. The Bertz CT molecular complexity index is 586. The third-order valence-corrected chi connectivity index (χ3v) is 3.93. The smallest absolute Gasteiger partial charge is 0.125 e. The van der Waals surface area contributed by atoms with E-state index in [1.54, 1.807) is 0 Å². The molecule has 21 heavy (non-hydrogen) atoms. The third-order valence-electron chi connectivity index (χ3n) is 3.93. The van der Waals surface area contributed by atoms with E-state index < -0.39 is 0 Å². The van der Waals surface area contributed by atoms with Gasteiger partial charge < -0.3 is 0 Å². The molecule has 0 saturated carbocycles. The van der Waals surface area contributed by atoms with E-state index in [0.717, 1.165) is 30.8 Å². The Morgan fingerprint density at radius 3 is 2.29 bits per heavy atom. The van der Waals surface area contributed by atoms with Gasteiger partial charge in [-0.1, -0.05) is 42.3 Å². The number of rotatable bonds is 3. The highest BCUT2D eigenvalue weighted by Crippen LogP contribution is 2.18. The van der Waals surface area contributed by atoms with Crippen LogP contribution in [0.15, 0.2) is 40.0 Å². The second-order valence-electron chi connectivity index (χ2n) is 6.24. The van der Waals surface area contributed by atoms with E-state index in [0.29, 0.717) is 5.92 Å². The third kappa shape index (κ3) is 4.66. The van der Waals surface area contributed by atoms with Gasteiger partial charge in [0.05, 0.1) is 0 Å². The van der Waals surface area contributed by atoms with Crippen LogP contribution >= 0.6 is 0 Å². The summed E-state index contributed by atoms with van der Waals surface area (Å²) in [6.45, 7) is 10.6. The van der Waals surface area contributed by atoms with Crippen LogP contribution in [0.2, 0.25) is 0 Å². The molecule has 0 bridgehead atoms. The van der Waals surface area contributed by atoms with Crippen molar-refractivity contribution >= 4 is 11.5 Å². The minimum Gasteiger partial charge on any atom is -0.242 e. The van der Waals surface area contributed by atoms with Crippen LogP contribution in [0.5, 0.6) is 0 Å². The number of amidine groups is 1. The highest BCUT2D eigenvalue weighted by atomic mass is 14.9. The first-order valence-corrected chi connectivity index (χ1v) is 7.80. The van der Waals surface area contributed by atoms with Gasteiger partial charge in [-0.15, -0.1) is 0 Å². The molecule has 1 aromatic rings. The minimum absolute atomic E-state index is 0.497. The van der Waals surface area contributed by atoms with Crippen LogP contribution in [0.25, 0.3) is 0 Å². The molecule has 0 aliphatic carbocycles. The van der Waals surface area contributed by atoms with Crippen LogP contribution in [-0.2, 0) is 6.42 Å². The SMILES string of the molecule is CC1=N/C(C)=C/CC(C)C(CCc2cc(C)cc(C)c2)=N1. The van der Waals surface area contributed by atoms with Crippen LogP contribution in [0.4, 0.5) is 0 Å². The van der Waals surface area contributed by atoms with Gasteiger partial charge in [-0.05, 0) is 58.4 Å². The minimum atomic E-state index is 0.497. The van der Waals surface area contributed by atoms with Crippen LogP contribution in [0.1, 0.15) is 50.3 Å². The molecule has 1 unspecified atom stereocenters. The summed E-state index contributed by atoms with van der Waals surface area (Å²) in [4.78, 5) is 9.25. The Balaban J connectivity index is 2.12. The lowest BCUT2D eigenvalue weighted by Crippen LogP contribution is -2.15. The molecule has 0 fully saturated rings. The molecule has 0 N–H and O–H groups in total. The van der Waals surface area contributed by atoms with Crippen molar-refractivity contribution < 1.29 is 0 Å².